The first kappa shape index (κ1) is 17.6. The van der Waals surface area contributed by atoms with Crippen molar-refractivity contribution in [1.29, 1.82) is 0 Å². The van der Waals surface area contributed by atoms with E-state index < -0.39 is 15.9 Å². The van der Waals surface area contributed by atoms with Crippen molar-refractivity contribution in [1.82, 2.24) is 0 Å². The summed E-state index contributed by atoms with van der Waals surface area (Å²) >= 11 is 3.40. The summed E-state index contributed by atoms with van der Waals surface area (Å²) in [7, 11) is -3.65. The van der Waals surface area contributed by atoms with Crippen LogP contribution >= 0.6 is 15.9 Å². The van der Waals surface area contributed by atoms with E-state index in [9.17, 15) is 18.0 Å². The van der Waals surface area contributed by atoms with E-state index in [0.29, 0.717) is 5.69 Å². The highest BCUT2D eigenvalue weighted by Gasteiger charge is 2.36. The minimum absolute atomic E-state index is 0.0447. The largest absolute Gasteiger partial charge is 0.322 e. The molecule has 0 aliphatic carbocycles. The molecule has 25 heavy (non-hydrogen) atoms. The molecule has 1 saturated heterocycles. The summed E-state index contributed by atoms with van der Waals surface area (Å²) in [6.45, 7) is 1.91. The van der Waals surface area contributed by atoms with Gasteiger partial charge in [-0.05, 0) is 48.9 Å². The normalized spacial score (nSPS) is 16.1. The van der Waals surface area contributed by atoms with Gasteiger partial charge in [0.1, 0.15) is 0 Å². The van der Waals surface area contributed by atoms with E-state index in [2.05, 4.69) is 21.2 Å². The number of aryl methyl sites for hydroxylation is 1. The molecule has 3 rings (SSSR count). The molecule has 1 fully saturated rings. The average Bonchev–Trinajstić information content (AvgIpc) is 2.84. The second kappa shape index (κ2) is 6.61. The predicted octanol–water partition coefficient (Wildman–Crippen LogP) is 3.08. The van der Waals surface area contributed by atoms with Crippen molar-refractivity contribution in [3.8, 4) is 0 Å². The van der Waals surface area contributed by atoms with Crippen molar-refractivity contribution in [3.63, 3.8) is 0 Å². The van der Waals surface area contributed by atoms with Gasteiger partial charge >= 0.3 is 0 Å². The standard InChI is InChI=1S/C17H15BrN2O4S/c1-11-9-13(5-6-15(11)18)19-17(22)12-3-2-4-14(10-12)20-16(21)7-8-25(20,23)24/h2-6,9-10H,7-8H2,1H3,(H,19,22). The van der Waals surface area contributed by atoms with Crippen LogP contribution in [0.15, 0.2) is 46.9 Å². The first-order valence-electron chi connectivity index (χ1n) is 7.51. The van der Waals surface area contributed by atoms with E-state index >= 15 is 0 Å². The summed E-state index contributed by atoms with van der Waals surface area (Å²) in [6.07, 6.45) is -0.0447. The Kier molecular flexibility index (Phi) is 4.66. The molecule has 0 aromatic heterocycles. The van der Waals surface area contributed by atoms with Crippen LogP contribution in [0.25, 0.3) is 0 Å². The van der Waals surface area contributed by atoms with Crippen molar-refractivity contribution in [2.45, 2.75) is 13.3 Å². The zero-order valence-corrected chi connectivity index (χ0v) is 15.7. The fraction of sp³-hybridized carbons (Fsp3) is 0.176. The van der Waals surface area contributed by atoms with Gasteiger partial charge in [-0.3, -0.25) is 9.59 Å². The zero-order chi connectivity index (χ0) is 18.2. The minimum Gasteiger partial charge on any atom is -0.322 e. The Morgan fingerprint density at radius 3 is 2.60 bits per heavy atom. The van der Waals surface area contributed by atoms with Gasteiger partial charge in [-0.25, -0.2) is 12.7 Å². The molecule has 6 nitrogen and oxygen atoms in total. The van der Waals surface area contributed by atoms with Crippen molar-refractivity contribution < 1.29 is 18.0 Å². The number of carbonyl (C=O) groups excluding carboxylic acids is 2. The van der Waals surface area contributed by atoms with Gasteiger partial charge in [0, 0.05) is 22.1 Å². The fourth-order valence-corrected chi connectivity index (χ4v) is 4.27. The van der Waals surface area contributed by atoms with E-state index in [1.54, 1.807) is 18.2 Å². The van der Waals surface area contributed by atoms with Crippen LogP contribution in [0.4, 0.5) is 11.4 Å². The number of nitrogens with one attached hydrogen (secondary N) is 1. The van der Waals surface area contributed by atoms with Crippen molar-refractivity contribution in [3.05, 3.63) is 58.1 Å². The lowest BCUT2D eigenvalue weighted by atomic mass is 10.1. The lowest BCUT2D eigenvalue weighted by molar-refractivity contribution is -0.116. The number of benzene rings is 2. The molecule has 1 heterocycles. The summed E-state index contributed by atoms with van der Waals surface area (Å²) < 4.78 is 25.7. The van der Waals surface area contributed by atoms with Crippen LogP contribution in [0.3, 0.4) is 0 Å². The van der Waals surface area contributed by atoms with Crippen molar-refractivity contribution >= 4 is 49.1 Å². The Bertz CT molecular complexity index is 972. The summed E-state index contributed by atoms with van der Waals surface area (Å²) in [5.41, 5.74) is 2.05. The highest BCUT2D eigenvalue weighted by Crippen LogP contribution is 2.26. The molecule has 0 bridgehead atoms. The Morgan fingerprint density at radius 2 is 1.96 bits per heavy atom. The maximum atomic E-state index is 12.4. The van der Waals surface area contributed by atoms with E-state index in [4.69, 9.17) is 0 Å². The molecular formula is C17H15BrN2O4S. The number of sulfonamides is 1. The summed E-state index contributed by atoms with van der Waals surface area (Å²) in [5.74, 6) is -1.07. The van der Waals surface area contributed by atoms with Gasteiger partial charge in [0.05, 0.1) is 11.4 Å². The second-order valence-corrected chi connectivity index (χ2v) is 8.48. The van der Waals surface area contributed by atoms with Gasteiger partial charge in [0.2, 0.25) is 15.9 Å². The van der Waals surface area contributed by atoms with Crippen LogP contribution < -0.4 is 9.62 Å². The fourth-order valence-electron chi connectivity index (χ4n) is 2.57. The molecular weight excluding hydrogens is 408 g/mol. The number of carbonyl (C=O) groups is 2. The van der Waals surface area contributed by atoms with E-state index in [0.717, 1.165) is 14.3 Å². The molecule has 0 spiro atoms. The van der Waals surface area contributed by atoms with Crippen LogP contribution in [0.2, 0.25) is 0 Å². The van der Waals surface area contributed by atoms with Gasteiger partial charge < -0.3 is 5.32 Å². The zero-order valence-electron chi connectivity index (χ0n) is 13.3. The lowest BCUT2D eigenvalue weighted by Gasteiger charge is -2.16. The third-order valence-electron chi connectivity index (χ3n) is 3.84. The van der Waals surface area contributed by atoms with Crippen molar-refractivity contribution in [2.24, 2.45) is 0 Å². The summed E-state index contributed by atoms with van der Waals surface area (Å²) in [4.78, 5) is 24.3. The third-order valence-corrected chi connectivity index (χ3v) is 6.42. The molecule has 2 aromatic carbocycles. The first-order valence-corrected chi connectivity index (χ1v) is 9.91. The SMILES string of the molecule is Cc1cc(NC(=O)c2cccc(N3C(=O)CCS3(=O)=O)c2)ccc1Br. The Labute approximate surface area is 154 Å². The number of amides is 2. The van der Waals surface area contributed by atoms with Crippen LogP contribution in [0, 0.1) is 6.92 Å². The highest BCUT2D eigenvalue weighted by molar-refractivity contribution is 9.10. The van der Waals surface area contributed by atoms with Gasteiger partial charge in [0.15, 0.2) is 0 Å². The number of nitrogens with zero attached hydrogens (tertiary/aromatic N) is 1. The first-order chi connectivity index (χ1) is 11.8. The van der Waals surface area contributed by atoms with Gasteiger partial charge in [0.25, 0.3) is 5.91 Å². The Morgan fingerprint density at radius 1 is 1.20 bits per heavy atom. The Balaban J connectivity index is 1.87. The Hall–Kier alpha value is -2.19. The smallest absolute Gasteiger partial charge is 0.255 e. The molecule has 2 amide bonds. The predicted molar refractivity (Wildman–Crippen MR) is 99.2 cm³/mol. The molecule has 1 aliphatic heterocycles. The lowest BCUT2D eigenvalue weighted by Crippen LogP contribution is -2.29. The number of halogens is 1. The van der Waals surface area contributed by atoms with E-state index in [1.807, 2.05) is 19.1 Å². The quantitative estimate of drug-likeness (QED) is 0.823. The number of hydrogen-bond acceptors (Lipinski definition) is 4. The molecule has 0 unspecified atom stereocenters. The summed E-state index contributed by atoms with van der Waals surface area (Å²) in [6, 6.07) is 11.4. The molecule has 0 saturated carbocycles. The maximum absolute atomic E-state index is 12.4. The van der Waals surface area contributed by atoms with Crippen LogP contribution in [0.1, 0.15) is 22.3 Å². The molecule has 0 radical (unpaired) electrons. The number of hydrogen-bond donors (Lipinski definition) is 1. The van der Waals surface area contributed by atoms with E-state index in [1.165, 1.54) is 12.1 Å². The summed E-state index contributed by atoms with van der Waals surface area (Å²) in [5, 5.41) is 2.76. The molecule has 0 atom stereocenters. The third kappa shape index (κ3) is 3.59. The number of rotatable bonds is 3. The molecule has 1 N–H and O–H groups in total. The van der Waals surface area contributed by atoms with Crippen LogP contribution in [0.5, 0.6) is 0 Å². The minimum atomic E-state index is -3.65. The van der Waals surface area contributed by atoms with Crippen LogP contribution in [-0.2, 0) is 14.8 Å². The molecule has 1 aliphatic rings. The average molecular weight is 423 g/mol. The monoisotopic (exact) mass is 422 g/mol. The number of anilines is 2. The van der Waals surface area contributed by atoms with Crippen molar-refractivity contribution in [2.75, 3.05) is 15.4 Å². The second-order valence-electron chi connectivity index (χ2n) is 5.69. The van der Waals surface area contributed by atoms with Crippen LogP contribution in [-0.4, -0.2) is 26.0 Å². The van der Waals surface area contributed by atoms with Gasteiger partial charge in [-0.15, -0.1) is 0 Å². The van der Waals surface area contributed by atoms with E-state index in [-0.39, 0.29) is 29.3 Å². The van der Waals surface area contributed by atoms with Gasteiger partial charge in [-0.1, -0.05) is 22.0 Å². The highest BCUT2D eigenvalue weighted by atomic mass is 79.9. The molecule has 130 valence electrons. The maximum Gasteiger partial charge on any atom is 0.255 e. The molecule has 8 heteroatoms. The topological polar surface area (TPSA) is 83.6 Å². The van der Waals surface area contributed by atoms with Gasteiger partial charge in [-0.2, -0.15) is 0 Å². The molecule has 2 aromatic rings.